The Morgan fingerprint density at radius 2 is 1.77 bits per heavy atom. The molecule has 0 saturated heterocycles. The summed E-state index contributed by atoms with van der Waals surface area (Å²) in [6.45, 7) is 3.92. The summed E-state index contributed by atoms with van der Waals surface area (Å²) >= 11 is 0. The fraction of sp³-hybridized carbons (Fsp3) is 0.222. The van der Waals surface area contributed by atoms with Gasteiger partial charge in [0.15, 0.2) is 0 Å². The van der Waals surface area contributed by atoms with Crippen LogP contribution in [0.1, 0.15) is 29.5 Å². The molecule has 0 radical (unpaired) electrons. The minimum absolute atomic E-state index is 0.0904. The number of benzene rings is 3. The van der Waals surface area contributed by atoms with E-state index in [1.54, 1.807) is 36.4 Å². The molecule has 1 aromatic heterocycles. The number of fused-ring (bicyclic) bond motifs is 3. The fourth-order valence-corrected chi connectivity index (χ4v) is 6.17. The van der Waals surface area contributed by atoms with Crippen molar-refractivity contribution in [2.45, 2.75) is 31.3 Å². The summed E-state index contributed by atoms with van der Waals surface area (Å²) in [5, 5.41) is 0.897. The molecular weight excluding hydrogens is 464 g/mol. The van der Waals surface area contributed by atoms with Gasteiger partial charge < -0.3 is 14.5 Å². The number of aromatic amines is 1. The number of H-pyrrole nitrogens is 1. The number of ether oxygens (including phenoxy) is 2. The quantitative estimate of drug-likeness (QED) is 0.372. The summed E-state index contributed by atoms with van der Waals surface area (Å²) in [4.78, 5) is 15.1. The maximum atomic E-state index is 13.7. The van der Waals surface area contributed by atoms with Gasteiger partial charge in [-0.1, -0.05) is 48.5 Å². The van der Waals surface area contributed by atoms with E-state index in [9.17, 15) is 13.2 Å². The Morgan fingerprint density at radius 3 is 2.46 bits per heavy atom. The number of aromatic nitrogens is 1. The van der Waals surface area contributed by atoms with E-state index in [1.165, 1.54) is 11.2 Å². The van der Waals surface area contributed by atoms with Crippen LogP contribution in [0.25, 0.3) is 10.9 Å². The van der Waals surface area contributed by atoms with E-state index in [1.807, 2.05) is 43.5 Å². The van der Waals surface area contributed by atoms with Crippen LogP contribution in [0.5, 0.6) is 5.75 Å². The number of hydrogen-bond donors (Lipinski definition) is 1. The first-order valence-electron chi connectivity index (χ1n) is 11.4. The molecule has 8 heteroatoms. The van der Waals surface area contributed by atoms with Crippen molar-refractivity contribution in [1.82, 2.24) is 4.98 Å². The minimum atomic E-state index is -3.84. The predicted molar refractivity (Wildman–Crippen MR) is 134 cm³/mol. The second kappa shape index (κ2) is 9.11. The summed E-state index contributed by atoms with van der Waals surface area (Å²) in [7, 11) is -3.84. The van der Waals surface area contributed by atoms with Crippen LogP contribution in [0, 0.1) is 6.92 Å². The summed E-state index contributed by atoms with van der Waals surface area (Å²) in [6, 6.07) is 19.9. The molecule has 180 valence electrons. The molecule has 0 bridgehead atoms. The normalized spacial score (nSPS) is 15.3. The number of sulfonamides is 1. The van der Waals surface area contributed by atoms with Gasteiger partial charge in [-0.15, -0.1) is 0 Å². The average Bonchev–Trinajstić information content (AvgIpc) is 3.43. The number of nitrogens with zero attached hydrogens (tertiary/aromatic N) is 1. The first-order valence-corrected chi connectivity index (χ1v) is 12.8. The van der Waals surface area contributed by atoms with Crippen molar-refractivity contribution in [2.24, 2.45) is 0 Å². The third-order valence-electron chi connectivity index (χ3n) is 6.26. The molecule has 0 amide bonds. The summed E-state index contributed by atoms with van der Waals surface area (Å²) in [5.41, 5.74) is 4.15. The molecular formula is C27H26N2O5S. The minimum Gasteiger partial charge on any atom is -0.487 e. The summed E-state index contributed by atoms with van der Waals surface area (Å²) in [6.07, 6.45) is 1.89. The second-order valence-corrected chi connectivity index (χ2v) is 10.5. The van der Waals surface area contributed by atoms with Crippen molar-refractivity contribution in [3.63, 3.8) is 0 Å². The molecule has 3 aromatic carbocycles. The Balaban J connectivity index is 1.64. The third-order valence-corrected chi connectivity index (χ3v) is 8.05. The van der Waals surface area contributed by atoms with Crippen LogP contribution in [0.2, 0.25) is 0 Å². The van der Waals surface area contributed by atoms with Crippen LogP contribution in [-0.2, 0) is 26.2 Å². The second-order valence-electron chi connectivity index (χ2n) is 8.65. The molecule has 1 N–H and O–H groups in total. The molecule has 0 aliphatic carbocycles. The number of carbonyl (C=O) groups excluding carboxylic acids is 1. The molecule has 7 nitrogen and oxygen atoms in total. The molecule has 1 atom stereocenters. The van der Waals surface area contributed by atoms with Gasteiger partial charge in [-0.3, -0.25) is 9.10 Å². The molecule has 5 rings (SSSR count). The maximum absolute atomic E-state index is 13.7. The first-order chi connectivity index (χ1) is 16.9. The van der Waals surface area contributed by atoms with Crippen molar-refractivity contribution < 1.29 is 22.7 Å². The Bertz CT molecular complexity index is 1480. The van der Waals surface area contributed by atoms with Crippen molar-refractivity contribution in [2.75, 3.05) is 17.5 Å². The molecule has 1 unspecified atom stereocenters. The van der Waals surface area contributed by atoms with Crippen LogP contribution < -0.4 is 9.04 Å². The number of rotatable bonds is 7. The van der Waals surface area contributed by atoms with Gasteiger partial charge in [-0.2, -0.15) is 0 Å². The van der Waals surface area contributed by atoms with Crippen molar-refractivity contribution >= 4 is 32.6 Å². The Morgan fingerprint density at radius 1 is 1.09 bits per heavy atom. The molecule has 1 aliphatic rings. The highest BCUT2D eigenvalue weighted by Gasteiger charge is 2.39. The van der Waals surface area contributed by atoms with E-state index in [2.05, 4.69) is 4.98 Å². The summed E-state index contributed by atoms with van der Waals surface area (Å²) in [5.74, 6) is -0.148. The van der Waals surface area contributed by atoms with Crippen molar-refractivity contribution in [3.05, 3.63) is 89.6 Å². The van der Waals surface area contributed by atoms with Gasteiger partial charge >= 0.3 is 5.97 Å². The number of aryl methyl sites for hydroxylation is 1. The van der Waals surface area contributed by atoms with Gasteiger partial charge in [0.2, 0.25) is 0 Å². The van der Waals surface area contributed by atoms with Gasteiger partial charge in [0, 0.05) is 37.0 Å². The van der Waals surface area contributed by atoms with Crippen molar-refractivity contribution in [3.8, 4) is 5.75 Å². The van der Waals surface area contributed by atoms with E-state index in [0.29, 0.717) is 18.0 Å². The van der Waals surface area contributed by atoms with Crippen LogP contribution in [0.4, 0.5) is 5.69 Å². The highest BCUT2D eigenvalue weighted by atomic mass is 32.2. The van der Waals surface area contributed by atoms with Gasteiger partial charge in [-0.25, -0.2) is 8.42 Å². The zero-order chi connectivity index (χ0) is 24.6. The lowest BCUT2D eigenvalue weighted by molar-refractivity contribution is -0.141. The Labute approximate surface area is 204 Å². The lowest BCUT2D eigenvalue weighted by Crippen LogP contribution is -2.30. The molecule has 1 aliphatic heterocycles. The first kappa shape index (κ1) is 23.0. The van der Waals surface area contributed by atoms with Gasteiger partial charge in [-0.05, 0) is 35.7 Å². The van der Waals surface area contributed by atoms with Gasteiger partial charge in [0.1, 0.15) is 12.4 Å². The fourth-order valence-electron chi connectivity index (χ4n) is 4.63. The van der Waals surface area contributed by atoms with Crippen LogP contribution in [0.15, 0.2) is 77.8 Å². The predicted octanol–water partition coefficient (Wildman–Crippen LogP) is 4.91. The summed E-state index contributed by atoms with van der Waals surface area (Å²) < 4.78 is 40.4. The zero-order valence-electron chi connectivity index (χ0n) is 19.5. The molecule has 4 aromatic rings. The van der Waals surface area contributed by atoms with E-state index < -0.39 is 16.0 Å². The van der Waals surface area contributed by atoms with Crippen LogP contribution in [-0.4, -0.2) is 32.5 Å². The van der Waals surface area contributed by atoms with E-state index in [4.69, 9.17) is 9.47 Å². The smallest absolute Gasteiger partial charge is 0.302 e. The Kier molecular flexibility index (Phi) is 5.98. The molecule has 35 heavy (non-hydrogen) atoms. The lowest BCUT2D eigenvalue weighted by Gasteiger charge is -2.21. The van der Waals surface area contributed by atoms with E-state index in [-0.39, 0.29) is 24.0 Å². The van der Waals surface area contributed by atoms with Crippen molar-refractivity contribution in [1.29, 1.82) is 0 Å². The highest BCUT2D eigenvalue weighted by molar-refractivity contribution is 7.92. The van der Waals surface area contributed by atoms with Crippen LogP contribution in [0.3, 0.4) is 0 Å². The lowest BCUT2D eigenvalue weighted by atomic mass is 9.96. The molecule has 2 heterocycles. The zero-order valence-corrected chi connectivity index (χ0v) is 20.3. The monoisotopic (exact) mass is 490 g/mol. The number of anilines is 1. The highest BCUT2D eigenvalue weighted by Crippen LogP contribution is 2.48. The topological polar surface area (TPSA) is 88.7 Å². The third kappa shape index (κ3) is 4.25. The largest absolute Gasteiger partial charge is 0.487 e. The van der Waals surface area contributed by atoms with Crippen LogP contribution >= 0.6 is 0 Å². The SMILES string of the molecule is CC(=O)OCC1CN(S(=O)(=O)c2ccccc2)c2cc(OCc3ccccc3)c3[nH]cc(C)c3c21. The maximum Gasteiger partial charge on any atom is 0.302 e. The average molecular weight is 491 g/mol. The number of carbonyl (C=O) groups is 1. The molecule has 0 fully saturated rings. The molecule has 0 spiro atoms. The van der Waals surface area contributed by atoms with Gasteiger partial charge in [0.25, 0.3) is 10.0 Å². The number of hydrogen-bond acceptors (Lipinski definition) is 5. The number of esters is 1. The van der Waals surface area contributed by atoms with E-state index in [0.717, 1.165) is 27.6 Å². The Hall–Kier alpha value is -3.78. The molecule has 0 saturated carbocycles. The van der Waals surface area contributed by atoms with E-state index >= 15 is 0 Å². The standard InChI is InChI=1S/C27H26N2O5S/c1-18-14-28-27-24(34-16-20-9-5-3-6-10-20)13-23-26(25(18)27)21(17-33-19(2)30)15-29(23)35(31,32)22-11-7-4-8-12-22/h3-14,21,28H,15-17H2,1-2H3. The van der Waals surface area contributed by atoms with Gasteiger partial charge in [0.05, 0.1) is 22.7 Å². The number of nitrogens with one attached hydrogen (secondary N) is 1.